The third-order valence-corrected chi connectivity index (χ3v) is 5.45. The van der Waals surface area contributed by atoms with Gasteiger partial charge in [-0.15, -0.1) is 6.58 Å². The van der Waals surface area contributed by atoms with E-state index in [2.05, 4.69) is 27.8 Å². The van der Waals surface area contributed by atoms with Gasteiger partial charge in [-0.2, -0.15) is 0 Å². The van der Waals surface area contributed by atoms with Crippen molar-refractivity contribution < 1.29 is 14.3 Å². The molecule has 1 N–H and O–H groups in total. The van der Waals surface area contributed by atoms with E-state index in [0.29, 0.717) is 6.54 Å². The highest BCUT2D eigenvalue weighted by molar-refractivity contribution is 9.09. The van der Waals surface area contributed by atoms with E-state index in [1.165, 1.54) is 0 Å². The Balaban J connectivity index is 1.84. The molecule has 6 atom stereocenters. The molecule has 2 saturated carbocycles. The van der Waals surface area contributed by atoms with Crippen molar-refractivity contribution in [2.24, 2.45) is 23.7 Å². The number of esters is 1. The quantitative estimate of drug-likeness (QED) is 0.478. The van der Waals surface area contributed by atoms with Crippen molar-refractivity contribution in [2.75, 3.05) is 6.54 Å². The summed E-state index contributed by atoms with van der Waals surface area (Å²) >= 11 is 3.58. The Bertz CT molecular complexity index is 397. The summed E-state index contributed by atoms with van der Waals surface area (Å²) in [5, 5.41) is 2.80. The minimum absolute atomic E-state index is 0.0130. The lowest BCUT2D eigenvalue weighted by Crippen LogP contribution is -2.43. The fourth-order valence-corrected chi connectivity index (χ4v) is 4.67. The molecule has 4 nitrogen and oxygen atoms in total. The lowest BCUT2D eigenvalue weighted by atomic mass is 9.79. The molecule has 0 aromatic carbocycles. The molecule has 2 bridgehead atoms. The number of hydrogen-bond acceptors (Lipinski definition) is 3. The first-order chi connectivity index (χ1) is 8.15. The maximum absolute atomic E-state index is 12.1. The van der Waals surface area contributed by atoms with Gasteiger partial charge in [0.15, 0.2) is 0 Å². The second-order valence-corrected chi connectivity index (χ2v) is 6.05. The van der Waals surface area contributed by atoms with E-state index >= 15 is 0 Å². The normalized spacial score (nSPS) is 45.8. The summed E-state index contributed by atoms with van der Waals surface area (Å²) in [6, 6.07) is 0. The van der Waals surface area contributed by atoms with Crippen LogP contribution in [0, 0.1) is 23.7 Å². The Hall–Kier alpha value is -0.840. The second-order valence-electron chi connectivity index (χ2n) is 4.99. The molecule has 0 unspecified atom stereocenters. The molecule has 3 fully saturated rings. The molecule has 17 heavy (non-hydrogen) atoms. The molecular formula is C12H14BrNO3. The largest absolute Gasteiger partial charge is 0.461 e. The van der Waals surface area contributed by atoms with Crippen molar-refractivity contribution in [3.8, 4) is 0 Å². The summed E-state index contributed by atoms with van der Waals surface area (Å²) in [7, 11) is 0. The van der Waals surface area contributed by atoms with Crippen LogP contribution in [-0.2, 0) is 14.3 Å². The van der Waals surface area contributed by atoms with Gasteiger partial charge in [0, 0.05) is 12.5 Å². The minimum atomic E-state index is -0.226. The Morgan fingerprint density at radius 3 is 3.06 bits per heavy atom. The Labute approximate surface area is 108 Å². The molecule has 5 heteroatoms. The van der Waals surface area contributed by atoms with Crippen LogP contribution in [0.4, 0.5) is 0 Å². The molecule has 1 amide bonds. The second kappa shape index (κ2) is 3.83. The van der Waals surface area contributed by atoms with E-state index in [1.807, 2.05) is 0 Å². The monoisotopic (exact) mass is 299 g/mol. The van der Waals surface area contributed by atoms with Gasteiger partial charge in [0.05, 0.1) is 16.7 Å². The van der Waals surface area contributed by atoms with Crippen LogP contribution >= 0.6 is 15.9 Å². The summed E-state index contributed by atoms with van der Waals surface area (Å²) in [5.74, 6) is -0.214. The molecule has 0 aromatic heterocycles. The van der Waals surface area contributed by atoms with Crippen LogP contribution in [0.15, 0.2) is 12.7 Å². The average Bonchev–Trinajstić information content (AvgIpc) is 2.89. The third kappa shape index (κ3) is 1.41. The first-order valence-electron chi connectivity index (χ1n) is 5.88. The van der Waals surface area contributed by atoms with Crippen molar-refractivity contribution in [1.82, 2.24) is 5.32 Å². The molecule has 3 rings (SSSR count). The maximum atomic E-state index is 12.1. The van der Waals surface area contributed by atoms with E-state index < -0.39 is 0 Å². The summed E-state index contributed by atoms with van der Waals surface area (Å²) in [5.41, 5.74) is 0. The first-order valence-corrected chi connectivity index (χ1v) is 6.80. The highest BCUT2D eigenvalue weighted by Gasteiger charge is 2.67. The molecule has 92 valence electrons. The van der Waals surface area contributed by atoms with Gasteiger partial charge in [-0.25, -0.2) is 0 Å². The molecule has 1 aliphatic heterocycles. The molecule has 0 aromatic rings. The van der Waals surface area contributed by atoms with Crippen LogP contribution in [0.3, 0.4) is 0 Å². The number of amides is 1. The van der Waals surface area contributed by atoms with Gasteiger partial charge in [-0.3, -0.25) is 9.59 Å². The SMILES string of the molecule is C=CCNC(=O)[C@@H]1[C@H]2C[C@H]3[C@H](OC(=O)[C@H]31)[C@H]2Br. The number of rotatable bonds is 3. The highest BCUT2D eigenvalue weighted by atomic mass is 79.9. The predicted molar refractivity (Wildman–Crippen MR) is 64.4 cm³/mol. The molecule has 3 aliphatic rings. The number of hydrogen-bond donors (Lipinski definition) is 1. The van der Waals surface area contributed by atoms with Gasteiger partial charge in [-0.1, -0.05) is 22.0 Å². The summed E-state index contributed by atoms with van der Waals surface area (Å²) in [6.45, 7) is 4.02. The predicted octanol–water partition coefficient (Wildman–Crippen LogP) is 0.860. The molecular weight excluding hydrogens is 286 g/mol. The smallest absolute Gasteiger partial charge is 0.310 e. The van der Waals surface area contributed by atoms with Crippen LogP contribution < -0.4 is 5.32 Å². The number of ether oxygens (including phenoxy) is 1. The summed E-state index contributed by atoms with van der Waals surface area (Å²) in [4.78, 5) is 24.0. The number of nitrogens with one attached hydrogen (secondary N) is 1. The standard InChI is InChI=1S/C12H14BrNO3/c1-2-3-14-11(15)7-5-4-6-8(7)12(16)17-10(6)9(5)13/h2,5-10H,1,3-4H2,(H,14,15)/t5-,6-,7-,8-,9+,10+/m1/s1. The van der Waals surface area contributed by atoms with Gasteiger partial charge in [0.2, 0.25) is 5.91 Å². The minimum Gasteiger partial charge on any atom is -0.461 e. The lowest BCUT2D eigenvalue weighted by Gasteiger charge is -2.27. The van der Waals surface area contributed by atoms with E-state index in [1.54, 1.807) is 6.08 Å². The average molecular weight is 300 g/mol. The Morgan fingerprint density at radius 1 is 1.59 bits per heavy atom. The van der Waals surface area contributed by atoms with Crippen molar-refractivity contribution in [3.05, 3.63) is 12.7 Å². The molecule has 2 aliphatic carbocycles. The van der Waals surface area contributed by atoms with Gasteiger partial charge in [-0.05, 0) is 12.3 Å². The molecule has 0 radical (unpaired) electrons. The number of alkyl halides is 1. The lowest BCUT2D eigenvalue weighted by molar-refractivity contribution is -0.145. The third-order valence-electron chi connectivity index (χ3n) is 4.25. The maximum Gasteiger partial charge on any atom is 0.310 e. The molecule has 0 spiro atoms. The number of carbonyl (C=O) groups is 2. The van der Waals surface area contributed by atoms with Gasteiger partial charge < -0.3 is 10.1 Å². The molecule has 1 saturated heterocycles. The highest BCUT2D eigenvalue weighted by Crippen LogP contribution is 2.59. The van der Waals surface area contributed by atoms with Crippen molar-refractivity contribution >= 4 is 27.8 Å². The topological polar surface area (TPSA) is 55.4 Å². The molecule has 1 heterocycles. The number of carbonyl (C=O) groups excluding carboxylic acids is 2. The number of halogens is 1. The van der Waals surface area contributed by atoms with Crippen LogP contribution in [0.2, 0.25) is 0 Å². The van der Waals surface area contributed by atoms with Crippen molar-refractivity contribution in [3.63, 3.8) is 0 Å². The van der Waals surface area contributed by atoms with Crippen LogP contribution in [0.1, 0.15) is 6.42 Å². The van der Waals surface area contributed by atoms with E-state index in [-0.39, 0.29) is 46.5 Å². The number of fused-ring (bicyclic) bond motifs is 1. The van der Waals surface area contributed by atoms with E-state index in [4.69, 9.17) is 4.74 Å². The zero-order valence-electron chi connectivity index (χ0n) is 9.27. The van der Waals surface area contributed by atoms with Gasteiger partial charge in [0.1, 0.15) is 6.10 Å². The fourth-order valence-electron chi connectivity index (χ4n) is 3.62. The van der Waals surface area contributed by atoms with Crippen LogP contribution in [0.5, 0.6) is 0 Å². The van der Waals surface area contributed by atoms with Crippen molar-refractivity contribution in [1.29, 1.82) is 0 Å². The van der Waals surface area contributed by atoms with Crippen LogP contribution in [-0.4, -0.2) is 29.4 Å². The van der Waals surface area contributed by atoms with E-state index in [9.17, 15) is 9.59 Å². The van der Waals surface area contributed by atoms with Crippen LogP contribution in [0.25, 0.3) is 0 Å². The summed E-state index contributed by atoms with van der Waals surface area (Å²) in [6.07, 6.45) is 2.55. The fraction of sp³-hybridized carbons (Fsp3) is 0.667. The van der Waals surface area contributed by atoms with Gasteiger partial charge >= 0.3 is 5.97 Å². The zero-order chi connectivity index (χ0) is 12.2. The van der Waals surface area contributed by atoms with Crippen molar-refractivity contribution in [2.45, 2.75) is 17.4 Å². The Kier molecular flexibility index (Phi) is 2.54. The Morgan fingerprint density at radius 2 is 2.35 bits per heavy atom. The van der Waals surface area contributed by atoms with E-state index in [0.717, 1.165) is 6.42 Å². The first kappa shape index (κ1) is 11.3. The summed E-state index contributed by atoms with van der Waals surface area (Å²) < 4.78 is 5.35. The van der Waals surface area contributed by atoms with Gasteiger partial charge in [0.25, 0.3) is 0 Å². The zero-order valence-corrected chi connectivity index (χ0v) is 10.9.